The van der Waals surface area contributed by atoms with Crippen LogP contribution in [-0.4, -0.2) is 38.4 Å². The number of hydrogen-bond acceptors (Lipinski definition) is 4. The van der Waals surface area contributed by atoms with Crippen LogP contribution >= 0.6 is 0 Å². The molecule has 0 atom stereocenters. The van der Waals surface area contributed by atoms with Crippen molar-refractivity contribution in [2.24, 2.45) is 0 Å². The Labute approximate surface area is 114 Å². The third-order valence-corrected chi connectivity index (χ3v) is 3.23. The maximum atomic E-state index is 11.9. The fourth-order valence-electron chi connectivity index (χ4n) is 2.37. The molecule has 0 radical (unpaired) electrons. The molecule has 0 fully saturated rings. The molecule has 0 amide bonds. The summed E-state index contributed by atoms with van der Waals surface area (Å²) in [5.74, 6) is 0.219. The summed E-state index contributed by atoms with van der Waals surface area (Å²) in [5, 5.41) is 0. The summed E-state index contributed by atoms with van der Waals surface area (Å²) in [4.78, 5) is 14.1. The Morgan fingerprint density at radius 2 is 1.89 bits per heavy atom. The molecule has 1 aromatic carbocycles. The van der Waals surface area contributed by atoms with Gasteiger partial charge in [-0.2, -0.15) is 0 Å². The molecule has 0 N–H and O–H groups in total. The summed E-state index contributed by atoms with van der Waals surface area (Å²) in [6.45, 7) is 6.55. The van der Waals surface area contributed by atoms with Crippen LogP contribution in [0.25, 0.3) is 0 Å². The fourth-order valence-corrected chi connectivity index (χ4v) is 2.37. The summed E-state index contributed by atoms with van der Waals surface area (Å²) in [7, 11) is 0. The summed E-state index contributed by atoms with van der Waals surface area (Å²) >= 11 is 0. The first-order valence-electron chi connectivity index (χ1n) is 6.86. The molecule has 2 rings (SSSR count). The summed E-state index contributed by atoms with van der Waals surface area (Å²) in [6.07, 6.45) is 0.318. The topological polar surface area (TPSA) is 38.8 Å². The van der Waals surface area contributed by atoms with E-state index in [4.69, 9.17) is 9.47 Å². The molecule has 1 aliphatic rings. The number of anilines is 1. The number of ether oxygens (including phenoxy) is 2. The Bertz CT molecular complexity index is 427. The number of carbonyl (C=O) groups excluding carboxylic acids is 1. The normalized spacial score (nSPS) is 14.9. The Hall–Kier alpha value is -1.39. The second-order valence-electron chi connectivity index (χ2n) is 4.48. The molecular weight excluding hydrogens is 242 g/mol. The average Bonchev–Trinajstić information content (AvgIpc) is 2.43. The third kappa shape index (κ3) is 3.33. The molecule has 0 saturated heterocycles. The molecule has 0 aliphatic carbocycles. The highest BCUT2D eigenvalue weighted by atomic mass is 16.7. The van der Waals surface area contributed by atoms with E-state index in [0.29, 0.717) is 26.2 Å². The van der Waals surface area contributed by atoms with E-state index in [9.17, 15) is 4.79 Å². The highest BCUT2D eigenvalue weighted by Gasteiger charge is 2.24. The highest BCUT2D eigenvalue weighted by Crippen LogP contribution is 2.27. The van der Waals surface area contributed by atoms with Crippen LogP contribution in [0, 0.1) is 0 Å². The number of nitrogens with zero attached hydrogens (tertiary/aromatic N) is 1. The van der Waals surface area contributed by atoms with Crippen molar-refractivity contribution in [3.63, 3.8) is 0 Å². The summed E-state index contributed by atoms with van der Waals surface area (Å²) < 4.78 is 11.2. The molecule has 4 heteroatoms. The third-order valence-electron chi connectivity index (χ3n) is 3.23. The monoisotopic (exact) mass is 263 g/mol. The van der Waals surface area contributed by atoms with Crippen LogP contribution in [0.1, 0.15) is 30.6 Å². The van der Waals surface area contributed by atoms with Crippen LogP contribution in [0.4, 0.5) is 5.69 Å². The maximum Gasteiger partial charge on any atom is 0.174 e. The van der Waals surface area contributed by atoms with Gasteiger partial charge in [-0.3, -0.25) is 4.79 Å². The number of benzene rings is 1. The lowest BCUT2D eigenvalue weighted by molar-refractivity contribution is -0.129. The highest BCUT2D eigenvalue weighted by molar-refractivity contribution is 6.03. The molecule has 0 aromatic heterocycles. The van der Waals surface area contributed by atoms with E-state index in [0.717, 1.165) is 17.8 Å². The molecule has 4 nitrogen and oxygen atoms in total. The lowest BCUT2D eigenvalue weighted by atomic mass is 10.0. The zero-order valence-electron chi connectivity index (χ0n) is 11.6. The Morgan fingerprint density at radius 1 is 1.21 bits per heavy atom. The number of fused-ring (bicyclic) bond motifs is 1. The van der Waals surface area contributed by atoms with Crippen molar-refractivity contribution >= 4 is 11.5 Å². The van der Waals surface area contributed by atoms with Crippen LogP contribution < -0.4 is 4.90 Å². The minimum atomic E-state index is -0.240. The SMILES string of the molecule is CCOC(CN1CCC(=O)c2ccccc21)OCC. The lowest BCUT2D eigenvalue weighted by Gasteiger charge is -2.33. The predicted molar refractivity (Wildman–Crippen MR) is 74.6 cm³/mol. The minimum absolute atomic E-state index is 0.219. The molecular formula is C15H21NO3. The molecule has 0 unspecified atom stereocenters. The van der Waals surface area contributed by atoms with E-state index in [1.54, 1.807) is 0 Å². The van der Waals surface area contributed by atoms with Crippen LogP contribution in [-0.2, 0) is 9.47 Å². The smallest absolute Gasteiger partial charge is 0.174 e. The number of rotatable bonds is 6. The first kappa shape index (κ1) is 14.0. The van der Waals surface area contributed by atoms with Crippen molar-refractivity contribution < 1.29 is 14.3 Å². The van der Waals surface area contributed by atoms with Gasteiger partial charge in [-0.05, 0) is 26.0 Å². The first-order valence-corrected chi connectivity index (χ1v) is 6.86. The van der Waals surface area contributed by atoms with E-state index in [1.165, 1.54) is 0 Å². The van der Waals surface area contributed by atoms with Crippen LogP contribution in [0.15, 0.2) is 24.3 Å². The van der Waals surface area contributed by atoms with Gasteiger partial charge in [0, 0.05) is 37.4 Å². The Kier molecular flexibility index (Phi) is 4.93. The number of ketones is 1. The van der Waals surface area contributed by atoms with Gasteiger partial charge in [0.1, 0.15) is 0 Å². The minimum Gasteiger partial charge on any atom is -0.365 e. The zero-order chi connectivity index (χ0) is 13.7. The van der Waals surface area contributed by atoms with Gasteiger partial charge in [0.15, 0.2) is 12.1 Å². The maximum absolute atomic E-state index is 11.9. The van der Waals surface area contributed by atoms with Gasteiger partial charge in [-0.1, -0.05) is 12.1 Å². The van der Waals surface area contributed by atoms with E-state index in [2.05, 4.69) is 4.90 Å². The van der Waals surface area contributed by atoms with Gasteiger partial charge in [0.25, 0.3) is 0 Å². The summed E-state index contributed by atoms with van der Waals surface area (Å²) in [6, 6.07) is 7.74. The van der Waals surface area contributed by atoms with Gasteiger partial charge in [0.05, 0.1) is 6.54 Å². The van der Waals surface area contributed by atoms with Crippen molar-refractivity contribution in [2.75, 3.05) is 31.2 Å². The van der Waals surface area contributed by atoms with Crippen LogP contribution in [0.3, 0.4) is 0 Å². The molecule has 19 heavy (non-hydrogen) atoms. The van der Waals surface area contributed by atoms with Gasteiger partial charge < -0.3 is 14.4 Å². The fraction of sp³-hybridized carbons (Fsp3) is 0.533. The first-order chi connectivity index (χ1) is 9.26. The molecule has 1 aliphatic heterocycles. The van der Waals surface area contributed by atoms with Gasteiger partial charge in [-0.15, -0.1) is 0 Å². The second-order valence-corrected chi connectivity index (χ2v) is 4.48. The number of para-hydroxylation sites is 1. The Morgan fingerprint density at radius 3 is 2.58 bits per heavy atom. The number of hydrogen-bond donors (Lipinski definition) is 0. The largest absolute Gasteiger partial charge is 0.365 e. The van der Waals surface area contributed by atoms with Crippen molar-refractivity contribution in [3.8, 4) is 0 Å². The quantitative estimate of drug-likeness (QED) is 0.739. The van der Waals surface area contributed by atoms with Crippen molar-refractivity contribution in [1.29, 1.82) is 0 Å². The van der Waals surface area contributed by atoms with Gasteiger partial charge in [0.2, 0.25) is 0 Å². The molecule has 0 spiro atoms. The Balaban J connectivity index is 2.13. The number of carbonyl (C=O) groups is 1. The molecule has 1 heterocycles. The molecule has 1 aromatic rings. The average molecular weight is 263 g/mol. The number of Topliss-reactive ketones (excluding diaryl/α,β-unsaturated/α-hetero) is 1. The van der Waals surface area contributed by atoms with Crippen LogP contribution in [0.2, 0.25) is 0 Å². The van der Waals surface area contributed by atoms with Crippen molar-refractivity contribution in [1.82, 2.24) is 0 Å². The molecule has 0 saturated carbocycles. The van der Waals surface area contributed by atoms with E-state index >= 15 is 0 Å². The van der Waals surface area contributed by atoms with Gasteiger partial charge >= 0.3 is 0 Å². The molecule has 104 valence electrons. The van der Waals surface area contributed by atoms with E-state index < -0.39 is 0 Å². The van der Waals surface area contributed by atoms with Crippen molar-refractivity contribution in [2.45, 2.75) is 26.6 Å². The van der Waals surface area contributed by atoms with Gasteiger partial charge in [-0.25, -0.2) is 0 Å². The van der Waals surface area contributed by atoms with Crippen molar-refractivity contribution in [3.05, 3.63) is 29.8 Å². The predicted octanol–water partition coefficient (Wildman–Crippen LogP) is 2.48. The molecule has 0 bridgehead atoms. The van der Waals surface area contributed by atoms with E-state index in [1.807, 2.05) is 38.1 Å². The zero-order valence-corrected chi connectivity index (χ0v) is 11.6. The standard InChI is InChI=1S/C15H21NO3/c1-3-18-15(19-4-2)11-16-10-9-14(17)12-7-5-6-8-13(12)16/h5-8,15H,3-4,9-11H2,1-2H3. The van der Waals surface area contributed by atoms with Crippen LogP contribution in [0.5, 0.6) is 0 Å². The second kappa shape index (κ2) is 6.68. The van der Waals surface area contributed by atoms with E-state index in [-0.39, 0.29) is 12.1 Å². The lowest BCUT2D eigenvalue weighted by Crippen LogP contribution is -2.40. The summed E-state index contributed by atoms with van der Waals surface area (Å²) in [5.41, 5.74) is 1.80.